The number of piperidine rings is 1. The van der Waals surface area contributed by atoms with E-state index in [9.17, 15) is 9.59 Å². The van der Waals surface area contributed by atoms with Crippen molar-refractivity contribution in [1.82, 2.24) is 5.32 Å². The van der Waals surface area contributed by atoms with Gasteiger partial charge >= 0.3 is 5.97 Å². The molecule has 0 radical (unpaired) electrons. The molecule has 1 heterocycles. The largest absolute Gasteiger partial charge is 0.497 e. The zero-order valence-corrected chi connectivity index (χ0v) is 14.2. The highest BCUT2D eigenvalue weighted by molar-refractivity contribution is 6.03. The van der Waals surface area contributed by atoms with Crippen LogP contribution in [0.25, 0.3) is 0 Å². The number of methoxy groups -OCH3 is 1. The molecule has 1 fully saturated rings. The second-order valence-electron chi connectivity index (χ2n) is 6.41. The molecule has 0 saturated carbocycles. The lowest BCUT2D eigenvalue weighted by molar-refractivity contribution is -0.156. The molecule has 5 nitrogen and oxygen atoms in total. The van der Waals surface area contributed by atoms with Gasteiger partial charge in [-0.05, 0) is 31.0 Å². The van der Waals surface area contributed by atoms with E-state index in [2.05, 4.69) is 5.32 Å². The monoisotopic (exact) mass is 319 g/mol. The lowest BCUT2D eigenvalue weighted by Gasteiger charge is -2.41. The first kappa shape index (κ1) is 17.5. The van der Waals surface area contributed by atoms with Crippen LogP contribution >= 0.6 is 0 Å². The summed E-state index contributed by atoms with van der Waals surface area (Å²) in [6, 6.07) is 7.78. The second-order valence-corrected chi connectivity index (χ2v) is 6.41. The smallest absolute Gasteiger partial charge is 0.317 e. The lowest BCUT2D eigenvalue weighted by Crippen LogP contribution is -2.59. The van der Waals surface area contributed by atoms with Crippen LogP contribution in [0.4, 0.5) is 0 Å². The van der Waals surface area contributed by atoms with Gasteiger partial charge < -0.3 is 14.8 Å². The van der Waals surface area contributed by atoms with Gasteiger partial charge in [-0.25, -0.2) is 0 Å². The van der Waals surface area contributed by atoms with Crippen LogP contribution < -0.4 is 10.1 Å². The van der Waals surface area contributed by atoms with Crippen LogP contribution in [0.1, 0.15) is 26.3 Å². The Hall–Kier alpha value is -1.88. The summed E-state index contributed by atoms with van der Waals surface area (Å²) in [6.45, 7) is 6.14. The van der Waals surface area contributed by atoms with E-state index >= 15 is 0 Å². The molecule has 0 aliphatic carbocycles. The van der Waals surface area contributed by atoms with Crippen LogP contribution in [-0.4, -0.2) is 38.1 Å². The third-order valence-electron chi connectivity index (χ3n) is 4.54. The van der Waals surface area contributed by atoms with Gasteiger partial charge in [0.2, 0.25) is 0 Å². The highest BCUT2D eigenvalue weighted by Crippen LogP contribution is 2.32. The number of ketones is 1. The zero-order chi connectivity index (χ0) is 17.0. The fourth-order valence-electron chi connectivity index (χ4n) is 3.02. The van der Waals surface area contributed by atoms with Gasteiger partial charge in [-0.2, -0.15) is 0 Å². The Bertz CT molecular complexity index is 582. The van der Waals surface area contributed by atoms with Gasteiger partial charge in [0, 0.05) is 18.0 Å². The summed E-state index contributed by atoms with van der Waals surface area (Å²) < 4.78 is 10.3. The van der Waals surface area contributed by atoms with E-state index < -0.39 is 17.3 Å². The molecular formula is C18H25NO4. The quantitative estimate of drug-likeness (QED) is 0.664. The lowest BCUT2D eigenvalue weighted by atomic mass is 9.70. The standard InChI is InChI=1S/C18H25NO4/c1-5-23-17(21)14-11-19-15(18(2,3)16(14)20)10-12-7-6-8-13(9-12)22-4/h6-9,14-15,19H,5,10-11H2,1-4H3. The SMILES string of the molecule is CCOC(=O)C1CNC(Cc2cccc(OC)c2)C(C)(C)C1=O. The van der Waals surface area contributed by atoms with Gasteiger partial charge in [0.05, 0.1) is 13.7 Å². The maximum Gasteiger partial charge on any atom is 0.317 e. The Balaban J connectivity index is 2.13. The van der Waals surface area contributed by atoms with Gasteiger partial charge in [-0.3, -0.25) is 9.59 Å². The number of hydrogen-bond donors (Lipinski definition) is 1. The summed E-state index contributed by atoms with van der Waals surface area (Å²) in [5.74, 6) is -0.404. The molecule has 0 amide bonds. The molecule has 1 aliphatic rings. The average molecular weight is 319 g/mol. The zero-order valence-electron chi connectivity index (χ0n) is 14.2. The minimum Gasteiger partial charge on any atom is -0.497 e. The predicted octanol–water partition coefficient (Wildman–Crippen LogP) is 1.98. The molecule has 23 heavy (non-hydrogen) atoms. The van der Waals surface area contributed by atoms with E-state index in [-0.39, 0.29) is 18.4 Å². The summed E-state index contributed by atoms with van der Waals surface area (Å²) in [6.07, 6.45) is 0.700. The number of hydrogen-bond acceptors (Lipinski definition) is 5. The van der Waals surface area contributed by atoms with Crippen LogP contribution in [0.15, 0.2) is 24.3 Å². The molecule has 1 saturated heterocycles. The molecule has 0 bridgehead atoms. The number of nitrogens with one attached hydrogen (secondary N) is 1. The highest BCUT2D eigenvalue weighted by Gasteiger charge is 2.47. The van der Waals surface area contributed by atoms with Gasteiger partial charge in [0.15, 0.2) is 5.78 Å². The molecule has 1 aliphatic heterocycles. The summed E-state index contributed by atoms with van der Waals surface area (Å²) >= 11 is 0. The van der Waals surface area contributed by atoms with Crippen molar-refractivity contribution in [2.45, 2.75) is 33.2 Å². The van der Waals surface area contributed by atoms with Crippen LogP contribution in [-0.2, 0) is 20.7 Å². The van der Waals surface area contributed by atoms with Crippen molar-refractivity contribution in [3.63, 3.8) is 0 Å². The highest BCUT2D eigenvalue weighted by atomic mass is 16.5. The molecule has 2 unspecified atom stereocenters. The van der Waals surface area contributed by atoms with E-state index in [4.69, 9.17) is 9.47 Å². The Morgan fingerprint density at radius 1 is 1.39 bits per heavy atom. The van der Waals surface area contributed by atoms with E-state index in [1.54, 1.807) is 14.0 Å². The van der Waals surface area contributed by atoms with Crippen molar-refractivity contribution in [2.75, 3.05) is 20.3 Å². The first-order chi connectivity index (χ1) is 10.9. The number of carbonyl (C=O) groups is 2. The van der Waals surface area contributed by atoms with Gasteiger partial charge in [-0.1, -0.05) is 26.0 Å². The molecule has 2 atom stereocenters. The summed E-state index contributed by atoms with van der Waals surface area (Å²) in [5.41, 5.74) is 0.455. The fourth-order valence-corrected chi connectivity index (χ4v) is 3.02. The number of Topliss-reactive ketones (excluding diaryl/α,β-unsaturated/α-hetero) is 1. The molecule has 1 N–H and O–H groups in total. The van der Waals surface area contributed by atoms with Crippen LogP contribution in [0.2, 0.25) is 0 Å². The molecule has 1 aromatic rings. The minimum atomic E-state index is -0.716. The minimum absolute atomic E-state index is 0.0345. The normalized spacial score (nSPS) is 23.4. The molecule has 5 heteroatoms. The first-order valence-corrected chi connectivity index (χ1v) is 7.97. The molecule has 2 rings (SSSR count). The molecule has 0 spiro atoms. The third kappa shape index (κ3) is 3.72. The van der Waals surface area contributed by atoms with Crippen molar-refractivity contribution in [3.8, 4) is 5.75 Å². The number of carbonyl (C=O) groups excluding carboxylic acids is 2. The fraction of sp³-hybridized carbons (Fsp3) is 0.556. The van der Waals surface area contributed by atoms with Crippen molar-refractivity contribution in [2.24, 2.45) is 11.3 Å². The van der Waals surface area contributed by atoms with Crippen LogP contribution in [0.5, 0.6) is 5.75 Å². The van der Waals surface area contributed by atoms with Gasteiger partial charge in [0.25, 0.3) is 0 Å². The Kier molecular flexibility index (Phi) is 5.42. The molecule has 0 aromatic heterocycles. The van der Waals surface area contributed by atoms with Gasteiger partial charge in [0.1, 0.15) is 11.7 Å². The maximum absolute atomic E-state index is 12.7. The second kappa shape index (κ2) is 7.13. The molecule has 126 valence electrons. The number of benzene rings is 1. The Morgan fingerprint density at radius 3 is 2.78 bits per heavy atom. The maximum atomic E-state index is 12.7. The van der Waals surface area contributed by atoms with Crippen molar-refractivity contribution in [3.05, 3.63) is 29.8 Å². The van der Waals surface area contributed by atoms with E-state index in [0.717, 1.165) is 11.3 Å². The van der Waals surface area contributed by atoms with E-state index in [1.165, 1.54) is 0 Å². The Labute approximate surface area is 137 Å². The summed E-state index contributed by atoms with van der Waals surface area (Å²) in [5, 5.41) is 3.35. The number of esters is 1. The predicted molar refractivity (Wildman–Crippen MR) is 87.4 cm³/mol. The van der Waals surface area contributed by atoms with E-state index in [1.807, 2.05) is 38.1 Å². The summed E-state index contributed by atoms with van der Waals surface area (Å²) in [4.78, 5) is 24.7. The van der Waals surface area contributed by atoms with Crippen molar-refractivity contribution < 1.29 is 19.1 Å². The third-order valence-corrected chi connectivity index (χ3v) is 4.54. The van der Waals surface area contributed by atoms with Crippen molar-refractivity contribution >= 4 is 11.8 Å². The molecular weight excluding hydrogens is 294 g/mol. The Morgan fingerprint density at radius 2 is 2.13 bits per heavy atom. The number of rotatable bonds is 5. The summed E-state index contributed by atoms with van der Waals surface area (Å²) in [7, 11) is 1.63. The first-order valence-electron chi connectivity index (χ1n) is 7.97. The average Bonchev–Trinajstić information content (AvgIpc) is 2.53. The molecule has 1 aromatic carbocycles. The van der Waals surface area contributed by atoms with Crippen molar-refractivity contribution in [1.29, 1.82) is 0 Å². The van der Waals surface area contributed by atoms with Crippen LogP contribution in [0.3, 0.4) is 0 Å². The van der Waals surface area contributed by atoms with Gasteiger partial charge in [-0.15, -0.1) is 0 Å². The van der Waals surface area contributed by atoms with E-state index in [0.29, 0.717) is 13.0 Å². The number of ether oxygens (including phenoxy) is 2. The topological polar surface area (TPSA) is 64.6 Å². The van der Waals surface area contributed by atoms with Crippen LogP contribution in [0, 0.1) is 11.3 Å².